The third-order valence-corrected chi connectivity index (χ3v) is 2.48. The molecule has 0 aromatic carbocycles. The fraction of sp³-hybridized carbons (Fsp3) is 0.375. The predicted octanol–water partition coefficient (Wildman–Crippen LogP) is 1.15. The van der Waals surface area contributed by atoms with E-state index in [0.717, 1.165) is 24.3 Å². The lowest BCUT2D eigenvalue weighted by molar-refractivity contribution is 0.899. The number of aryl methyl sites for hydroxylation is 1. The average molecular weight is 167 g/mol. The van der Waals surface area contributed by atoms with Gasteiger partial charge in [0, 0.05) is 6.07 Å². The summed E-state index contributed by atoms with van der Waals surface area (Å²) in [5.74, 6) is 0. The lowest BCUT2D eigenvalue weighted by Gasteiger charge is -1.99. The summed E-state index contributed by atoms with van der Waals surface area (Å²) >= 11 is 4.20. The van der Waals surface area contributed by atoms with Crippen LogP contribution in [0, 0.1) is 0 Å². The molecule has 0 bridgehead atoms. The monoisotopic (exact) mass is 167 g/mol. The molecule has 0 amide bonds. The molecule has 0 saturated heterocycles. The molecule has 1 aromatic heterocycles. The molecule has 0 unspecified atom stereocenters. The number of aromatic amines is 1. The van der Waals surface area contributed by atoms with Crippen LogP contribution in [0.1, 0.15) is 17.5 Å². The van der Waals surface area contributed by atoms with Gasteiger partial charge in [-0.25, -0.2) is 0 Å². The molecule has 2 nitrogen and oxygen atoms in total. The van der Waals surface area contributed by atoms with Gasteiger partial charge in [0.25, 0.3) is 0 Å². The van der Waals surface area contributed by atoms with Crippen LogP contribution in [0.4, 0.5) is 0 Å². The third-order valence-electron chi connectivity index (χ3n) is 2.09. The van der Waals surface area contributed by atoms with Crippen LogP contribution in [0.3, 0.4) is 0 Å². The van der Waals surface area contributed by atoms with E-state index < -0.39 is 0 Å². The molecule has 1 heterocycles. The highest BCUT2D eigenvalue weighted by molar-refractivity contribution is 7.80. The lowest BCUT2D eigenvalue weighted by atomic mass is 10.2. The molecule has 0 atom stereocenters. The van der Waals surface area contributed by atoms with Crippen LogP contribution in [0.2, 0.25) is 0 Å². The molecule has 1 aliphatic carbocycles. The summed E-state index contributed by atoms with van der Waals surface area (Å²) in [5, 5.41) is 0.755. The lowest BCUT2D eigenvalue weighted by Crippen LogP contribution is -2.07. The van der Waals surface area contributed by atoms with Crippen molar-refractivity contribution < 1.29 is 0 Å². The molecule has 0 radical (unpaired) electrons. The van der Waals surface area contributed by atoms with Gasteiger partial charge in [-0.05, 0) is 30.4 Å². The van der Waals surface area contributed by atoms with Crippen molar-refractivity contribution in [2.24, 2.45) is 0 Å². The van der Waals surface area contributed by atoms with Gasteiger partial charge in [-0.2, -0.15) is 0 Å². The molecular formula is C8H9NOS. The normalized spacial score (nSPS) is 15.0. The van der Waals surface area contributed by atoms with E-state index in [4.69, 9.17) is 0 Å². The first-order valence-electron chi connectivity index (χ1n) is 3.71. The highest BCUT2D eigenvalue weighted by Crippen LogP contribution is 2.23. The Balaban J connectivity index is 2.70. The Hall–Kier alpha value is -0.700. The third kappa shape index (κ3) is 1.09. The number of H-pyrrole nitrogens is 1. The standard InChI is InChI=1S/C8H9NOS/c10-7-4-5-2-1-3-6(5)8(11)9-7/h4H,1-3H2,(H2,9,10,11). The molecular weight excluding hydrogens is 158 g/mol. The van der Waals surface area contributed by atoms with E-state index in [9.17, 15) is 4.79 Å². The Morgan fingerprint density at radius 2 is 2.27 bits per heavy atom. The quantitative estimate of drug-likeness (QED) is 0.558. The van der Waals surface area contributed by atoms with Crippen molar-refractivity contribution in [3.05, 3.63) is 27.5 Å². The molecule has 3 heteroatoms. The second kappa shape index (κ2) is 2.41. The molecule has 0 aliphatic heterocycles. The molecule has 2 rings (SSSR count). The van der Waals surface area contributed by atoms with E-state index in [2.05, 4.69) is 17.6 Å². The van der Waals surface area contributed by atoms with Gasteiger partial charge < -0.3 is 4.98 Å². The molecule has 58 valence electrons. The van der Waals surface area contributed by atoms with Gasteiger partial charge in [0.2, 0.25) is 5.56 Å². The van der Waals surface area contributed by atoms with Crippen LogP contribution < -0.4 is 5.56 Å². The molecule has 1 aromatic rings. The maximum atomic E-state index is 10.9. The minimum atomic E-state index is -0.0318. The number of pyridine rings is 1. The summed E-state index contributed by atoms with van der Waals surface area (Å²) in [6.45, 7) is 0. The van der Waals surface area contributed by atoms with Crippen LogP contribution >= 0.6 is 12.6 Å². The van der Waals surface area contributed by atoms with E-state index in [-0.39, 0.29) is 5.56 Å². The number of fused-ring (bicyclic) bond motifs is 1. The Bertz CT molecular complexity index is 342. The van der Waals surface area contributed by atoms with Crippen molar-refractivity contribution in [3.8, 4) is 0 Å². The maximum Gasteiger partial charge on any atom is 0.249 e. The second-order valence-electron chi connectivity index (χ2n) is 2.84. The summed E-state index contributed by atoms with van der Waals surface area (Å²) < 4.78 is 0. The Morgan fingerprint density at radius 1 is 1.45 bits per heavy atom. The van der Waals surface area contributed by atoms with E-state index in [1.165, 1.54) is 11.1 Å². The van der Waals surface area contributed by atoms with Gasteiger partial charge in [-0.15, -0.1) is 12.6 Å². The van der Waals surface area contributed by atoms with E-state index in [0.29, 0.717) is 0 Å². The van der Waals surface area contributed by atoms with Gasteiger partial charge in [-0.1, -0.05) is 0 Å². The van der Waals surface area contributed by atoms with Crippen LogP contribution in [0.15, 0.2) is 15.9 Å². The van der Waals surface area contributed by atoms with Crippen molar-refractivity contribution >= 4 is 12.6 Å². The van der Waals surface area contributed by atoms with Crippen molar-refractivity contribution in [1.29, 1.82) is 0 Å². The van der Waals surface area contributed by atoms with Crippen LogP contribution in [0.5, 0.6) is 0 Å². The fourth-order valence-electron chi connectivity index (χ4n) is 1.58. The largest absolute Gasteiger partial charge is 0.317 e. The van der Waals surface area contributed by atoms with Gasteiger partial charge >= 0.3 is 0 Å². The summed E-state index contributed by atoms with van der Waals surface area (Å²) in [5.41, 5.74) is 2.38. The number of rotatable bonds is 0. The molecule has 11 heavy (non-hydrogen) atoms. The van der Waals surface area contributed by atoms with Crippen molar-refractivity contribution in [1.82, 2.24) is 4.98 Å². The highest BCUT2D eigenvalue weighted by Gasteiger charge is 2.13. The maximum absolute atomic E-state index is 10.9. The van der Waals surface area contributed by atoms with Crippen LogP contribution in [-0.4, -0.2) is 4.98 Å². The van der Waals surface area contributed by atoms with Gasteiger partial charge in [0.15, 0.2) is 0 Å². The molecule has 0 saturated carbocycles. The summed E-state index contributed by atoms with van der Waals surface area (Å²) in [6.07, 6.45) is 3.25. The van der Waals surface area contributed by atoms with E-state index in [1.807, 2.05) is 0 Å². The second-order valence-corrected chi connectivity index (χ2v) is 3.29. The molecule has 1 N–H and O–H groups in total. The van der Waals surface area contributed by atoms with Gasteiger partial charge in [0.1, 0.15) is 0 Å². The SMILES string of the molecule is O=c1cc2c(c(S)[nH]1)CCC2. The minimum Gasteiger partial charge on any atom is -0.317 e. The fourth-order valence-corrected chi connectivity index (χ4v) is 1.95. The van der Waals surface area contributed by atoms with E-state index >= 15 is 0 Å². The Labute approximate surface area is 70.1 Å². The number of aromatic nitrogens is 1. The Kier molecular flexibility index (Phi) is 1.53. The van der Waals surface area contributed by atoms with Crippen LogP contribution in [-0.2, 0) is 12.8 Å². The Morgan fingerprint density at radius 3 is 3.09 bits per heavy atom. The molecule has 0 spiro atoms. The first-order valence-corrected chi connectivity index (χ1v) is 4.16. The predicted molar refractivity (Wildman–Crippen MR) is 46.3 cm³/mol. The first kappa shape index (κ1) is 6.98. The number of nitrogens with one attached hydrogen (secondary N) is 1. The van der Waals surface area contributed by atoms with Gasteiger partial charge in [0.05, 0.1) is 5.03 Å². The van der Waals surface area contributed by atoms with Crippen LogP contribution in [0.25, 0.3) is 0 Å². The zero-order valence-corrected chi connectivity index (χ0v) is 6.95. The van der Waals surface area contributed by atoms with Gasteiger partial charge in [-0.3, -0.25) is 4.79 Å². The molecule has 0 fully saturated rings. The summed E-state index contributed by atoms with van der Waals surface area (Å²) in [6, 6.07) is 1.68. The van der Waals surface area contributed by atoms with Crippen molar-refractivity contribution in [2.45, 2.75) is 24.3 Å². The summed E-state index contributed by atoms with van der Waals surface area (Å²) in [4.78, 5) is 13.6. The van der Waals surface area contributed by atoms with Crippen molar-refractivity contribution in [3.63, 3.8) is 0 Å². The highest BCUT2D eigenvalue weighted by atomic mass is 32.1. The van der Waals surface area contributed by atoms with E-state index in [1.54, 1.807) is 6.07 Å². The first-order chi connectivity index (χ1) is 5.27. The number of hydrogen-bond acceptors (Lipinski definition) is 2. The average Bonchev–Trinajstić information content (AvgIpc) is 2.34. The smallest absolute Gasteiger partial charge is 0.249 e. The summed E-state index contributed by atoms with van der Waals surface area (Å²) in [7, 11) is 0. The minimum absolute atomic E-state index is 0.0318. The topological polar surface area (TPSA) is 32.9 Å². The zero-order valence-electron chi connectivity index (χ0n) is 6.05. The zero-order chi connectivity index (χ0) is 7.84. The number of hydrogen-bond donors (Lipinski definition) is 2. The number of thiol groups is 1. The van der Waals surface area contributed by atoms with Crippen molar-refractivity contribution in [2.75, 3.05) is 0 Å². The molecule has 1 aliphatic rings.